The number of ether oxygens (including phenoxy) is 1. The highest BCUT2D eigenvalue weighted by Crippen LogP contribution is 2.38. The molecule has 106 valence electrons. The molecular weight excluding hydrogens is 248 g/mol. The van der Waals surface area contributed by atoms with E-state index in [1.165, 1.54) is 4.90 Å². The van der Waals surface area contributed by atoms with Crippen LogP contribution in [0, 0.1) is 0 Å². The molecule has 1 atom stereocenters. The van der Waals surface area contributed by atoms with Crippen LogP contribution in [0.1, 0.15) is 39.0 Å². The molecule has 3 amide bonds. The molecule has 1 aliphatic heterocycles. The van der Waals surface area contributed by atoms with Crippen LogP contribution < -0.4 is 5.32 Å². The predicted octanol–water partition coefficient (Wildman–Crippen LogP) is 0.209. The van der Waals surface area contributed by atoms with E-state index in [2.05, 4.69) is 5.32 Å². The van der Waals surface area contributed by atoms with Crippen LogP contribution in [0.25, 0.3) is 0 Å². The molecule has 19 heavy (non-hydrogen) atoms. The monoisotopic (exact) mass is 268 g/mol. The molecule has 2 rings (SSSR count). The molecule has 1 saturated carbocycles. The van der Waals surface area contributed by atoms with Gasteiger partial charge in [-0.2, -0.15) is 0 Å². The van der Waals surface area contributed by atoms with Gasteiger partial charge in [-0.1, -0.05) is 6.92 Å². The zero-order chi connectivity index (χ0) is 14.0. The Balaban J connectivity index is 2.07. The van der Waals surface area contributed by atoms with Gasteiger partial charge in [0, 0.05) is 7.11 Å². The lowest BCUT2D eigenvalue weighted by Gasteiger charge is -2.42. The van der Waals surface area contributed by atoms with Gasteiger partial charge in [0.1, 0.15) is 12.6 Å². The fourth-order valence-corrected chi connectivity index (χ4v) is 2.74. The van der Waals surface area contributed by atoms with Crippen LogP contribution in [0.4, 0.5) is 0 Å². The van der Waals surface area contributed by atoms with Crippen LogP contribution in [0.2, 0.25) is 0 Å². The van der Waals surface area contributed by atoms with E-state index < -0.39 is 11.9 Å². The first-order valence-electron chi connectivity index (χ1n) is 6.69. The summed E-state index contributed by atoms with van der Waals surface area (Å²) in [4.78, 5) is 36.9. The number of methoxy groups -OCH3 is 1. The van der Waals surface area contributed by atoms with Crippen LogP contribution >= 0.6 is 0 Å². The molecule has 6 nitrogen and oxygen atoms in total. The van der Waals surface area contributed by atoms with Crippen LogP contribution in [0.5, 0.6) is 0 Å². The number of amides is 3. The van der Waals surface area contributed by atoms with Gasteiger partial charge >= 0.3 is 0 Å². The Hall–Kier alpha value is -1.43. The third-order valence-corrected chi connectivity index (χ3v) is 4.13. The largest absolute Gasteiger partial charge is 0.378 e. The number of piperazine rings is 1. The first kappa shape index (κ1) is 14.0. The van der Waals surface area contributed by atoms with E-state index in [9.17, 15) is 14.4 Å². The average Bonchev–Trinajstić information content (AvgIpc) is 2.32. The molecule has 1 unspecified atom stereocenters. The highest BCUT2D eigenvalue weighted by molar-refractivity contribution is 6.04. The Kier molecular flexibility index (Phi) is 3.89. The molecule has 0 aromatic rings. The van der Waals surface area contributed by atoms with E-state index in [1.807, 2.05) is 6.92 Å². The summed E-state index contributed by atoms with van der Waals surface area (Å²) in [5, 5.41) is 2.27. The fraction of sp³-hybridized carbons (Fsp3) is 0.769. The van der Waals surface area contributed by atoms with Crippen LogP contribution in [-0.2, 0) is 19.1 Å². The number of carbonyl (C=O) groups excluding carboxylic acids is 3. The molecular formula is C13H20N2O4. The minimum absolute atomic E-state index is 0.0388. The lowest BCUT2D eigenvalue weighted by Crippen LogP contribution is -2.60. The maximum Gasteiger partial charge on any atom is 0.249 e. The van der Waals surface area contributed by atoms with Crippen LogP contribution in [0.3, 0.4) is 0 Å². The molecule has 6 heteroatoms. The van der Waals surface area contributed by atoms with Gasteiger partial charge in [-0.3, -0.25) is 19.7 Å². The third-order valence-electron chi connectivity index (χ3n) is 4.13. The Labute approximate surface area is 112 Å². The lowest BCUT2D eigenvalue weighted by atomic mass is 9.77. The third kappa shape index (κ3) is 2.63. The number of carbonyl (C=O) groups is 3. The second-order valence-electron chi connectivity index (χ2n) is 5.28. The number of hydrogen-bond donors (Lipinski definition) is 1. The highest BCUT2D eigenvalue weighted by Gasteiger charge is 2.43. The summed E-state index contributed by atoms with van der Waals surface area (Å²) in [5.41, 5.74) is -0.383. The topological polar surface area (TPSA) is 75.7 Å². The minimum Gasteiger partial charge on any atom is -0.378 e. The molecule has 0 spiro atoms. The lowest BCUT2D eigenvalue weighted by molar-refractivity contribution is -0.156. The smallest absolute Gasteiger partial charge is 0.249 e. The standard InChI is InChI=1S/C13H20N2O4/c1-3-9-12(18)14-10(16)8-15(9)11(17)7-13(19-2)5-4-6-13/h9H,3-8H2,1-2H3,(H,14,16,18). The molecule has 2 fully saturated rings. The van der Waals surface area contributed by atoms with E-state index in [1.54, 1.807) is 7.11 Å². The molecule has 0 aromatic carbocycles. The average molecular weight is 268 g/mol. The van der Waals surface area contributed by atoms with Crippen LogP contribution in [-0.4, -0.2) is 47.9 Å². The zero-order valence-corrected chi connectivity index (χ0v) is 11.4. The maximum absolute atomic E-state index is 12.3. The van der Waals surface area contributed by atoms with Crippen molar-refractivity contribution in [2.75, 3.05) is 13.7 Å². The van der Waals surface area contributed by atoms with Gasteiger partial charge in [0.15, 0.2) is 0 Å². The first-order chi connectivity index (χ1) is 9.01. The molecule has 1 N–H and O–H groups in total. The summed E-state index contributed by atoms with van der Waals surface area (Å²) >= 11 is 0. The highest BCUT2D eigenvalue weighted by atomic mass is 16.5. The maximum atomic E-state index is 12.3. The molecule has 1 heterocycles. The number of rotatable bonds is 4. The fourth-order valence-electron chi connectivity index (χ4n) is 2.74. The van der Waals surface area contributed by atoms with E-state index in [0.29, 0.717) is 6.42 Å². The molecule has 0 aromatic heterocycles. The number of nitrogens with zero attached hydrogens (tertiary/aromatic N) is 1. The van der Waals surface area contributed by atoms with Crippen molar-refractivity contribution in [3.05, 3.63) is 0 Å². The number of imide groups is 1. The second-order valence-corrected chi connectivity index (χ2v) is 5.28. The Morgan fingerprint density at radius 2 is 2.16 bits per heavy atom. The summed E-state index contributed by atoms with van der Waals surface area (Å²) in [5.74, 6) is -0.966. The Bertz CT molecular complexity index is 398. The molecule has 0 bridgehead atoms. The van der Waals surface area contributed by atoms with Crippen LogP contribution in [0.15, 0.2) is 0 Å². The second kappa shape index (κ2) is 5.28. The summed E-state index contributed by atoms with van der Waals surface area (Å²) < 4.78 is 5.42. The van der Waals surface area contributed by atoms with Crippen molar-refractivity contribution in [1.29, 1.82) is 0 Å². The van der Waals surface area contributed by atoms with Crippen molar-refractivity contribution in [3.63, 3.8) is 0 Å². The van der Waals surface area contributed by atoms with Gasteiger partial charge < -0.3 is 9.64 Å². The van der Waals surface area contributed by atoms with Crippen molar-refractivity contribution >= 4 is 17.7 Å². The van der Waals surface area contributed by atoms with Gasteiger partial charge in [0.05, 0.1) is 12.0 Å². The zero-order valence-electron chi connectivity index (χ0n) is 11.4. The van der Waals surface area contributed by atoms with Crippen molar-refractivity contribution in [2.24, 2.45) is 0 Å². The molecule has 0 radical (unpaired) electrons. The molecule has 1 aliphatic carbocycles. The summed E-state index contributed by atoms with van der Waals surface area (Å²) in [7, 11) is 1.61. The minimum atomic E-state index is -0.542. The van der Waals surface area contributed by atoms with Gasteiger partial charge in [-0.15, -0.1) is 0 Å². The summed E-state index contributed by atoms with van der Waals surface area (Å²) in [6.45, 7) is 1.79. The molecule has 2 aliphatic rings. The van der Waals surface area contributed by atoms with Crippen molar-refractivity contribution in [3.8, 4) is 0 Å². The van der Waals surface area contributed by atoms with E-state index >= 15 is 0 Å². The van der Waals surface area contributed by atoms with Crippen molar-refractivity contribution < 1.29 is 19.1 Å². The summed E-state index contributed by atoms with van der Waals surface area (Å²) in [6, 6.07) is -0.542. The van der Waals surface area contributed by atoms with Gasteiger partial charge in [-0.25, -0.2) is 0 Å². The normalized spacial score (nSPS) is 25.8. The van der Waals surface area contributed by atoms with Gasteiger partial charge in [0.2, 0.25) is 17.7 Å². The number of hydrogen-bond acceptors (Lipinski definition) is 4. The van der Waals surface area contributed by atoms with Gasteiger partial charge in [-0.05, 0) is 25.7 Å². The Morgan fingerprint density at radius 3 is 2.63 bits per heavy atom. The SMILES string of the molecule is CCC1C(=O)NC(=O)CN1C(=O)CC1(OC)CCC1. The quantitative estimate of drug-likeness (QED) is 0.739. The first-order valence-corrected chi connectivity index (χ1v) is 6.69. The van der Waals surface area contributed by atoms with E-state index in [-0.39, 0.29) is 30.4 Å². The number of nitrogens with one attached hydrogen (secondary N) is 1. The van der Waals surface area contributed by atoms with E-state index in [4.69, 9.17) is 4.74 Å². The molecule has 1 saturated heterocycles. The summed E-state index contributed by atoms with van der Waals surface area (Å²) in [6.07, 6.45) is 3.53. The van der Waals surface area contributed by atoms with Crippen molar-refractivity contribution in [1.82, 2.24) is 10.2 Å². The van der Waals surface area contributed by atoms with E-state index in [0.717, 1.165) is 19.3 Å². The Morgan fingerprint density at radius 1 is 1.47 bits per heavy atom. The predicted molar refractivity (Wildman–Crippen MR) is 67.1 cm³/mol. The van der Waals surface area contributed by atoms with Crippen molar-refractivity contribution in [2.45, 2.75) is 50.7 Å². The van der Waals surface area contributed by atoms with Gasteiger partial charge in [0.25, 0.3) is 0 Å².